The van der Waals surface area contributed by atoms with Crippen LogP contribution in [0.3, 0.4) is 0 Å². The fourth-order valence-corrected chi connectivity index (χ4v) is 1.52. The van der Waals surface area contributed by atoms with Gasteiger partial charge in [-0.25, -0.2) is 0 Å². The molecule has 0 heterocycles. The van der Waals surface area contributed by atoms with E-state index in [1.165, 1.54) is 0 Å². The van der Waals surface area contributed by atoms with Crippen molar-refractivity contribution in [1.82, 2.24) is 0 Å². The van der Waals surface area contributed by atoms with E-state index in [-0.39, 0.29) is 6.04 Å². The van der Waals surface area contributed by atoms with Crippen LogP contribution in [0.4, 0.5) is 5.69 Å². The van der Waals surface area contributed by atoms with Crippen LogP contribution in [0.5, 0.6) is 0 Å². The van der Waals surface area contributed by atoms with Crippen LogP contribution in [-0.4, -0.2) is 6.04 Å². The van der Waals surface area contributed by atoms with Crippen molar-refractivity contribution in [1.29, 1.82) is 5.26 Å². The third-order valence-corrected chi connectivity index (χ3v) is 2.59. The number of anilines is 1. The summed E-state index contributed by atoms with van der Waals surface area (Å²) < 4.78 is 1.03. The summed E-state index contributed by atoms with van der Waals surface area (Å²) in [5, 5.41) is 12.0. The van der Waals surface area contributed by atoms with Gasteiger partial charge in [0.15, 0.2) is 0 Å². The summed E-state index contributed by atoms with van der Waals surface area (Å²) in [5.74, 6) is 0. The van der Waals surface area contributed by atoms with Gasteiger partial charge in [0.2, 0.25) is 0 Å². The summed E-state index contributed by atoms with van der Waals surface area (Å²) in [6, 6.07) is 8.13. The summed E-state index contributed by atoms with van der Waals surface area (Å²) >= 11 is 3.41. The van der Waals surface area contributed by atoms with Crippen molar-refractivity contribution in [3.05, 3.63) is 28.2 Å². The molecule has 1 aromatic rings. The number of aryl methyl sites for hydroxylation is 1. The first-order valence-corrected chi connectivity index (χ1v) is 5.39. The maximum absolute atomic E-state index is 8.82. The molecule has 1 atom stereocenters. The van der Waals surface area contributed by atoms with Gasteiger partial charge in [-0.15, -0.1) is 0 Å². The Morgan fingerprint density at radius 3 is 2.86 bits per heavy atom. The van der Waals surface area contributed by atoms with E-state index in [4.69, 9.17) is 5.26 Å². The number of hydrogen-bond donors (Lipinski definition) is 1. The Kier molecular flexibility index (Phi) is 3.97. The van der Waals surface area contributed by atoms with E-state index in [9.17, 15) is 0 Å². The van der Waals surface area contributed by atoms with Crippen LogP contribution in [0.2, 0.25) is 0 Å². The molecule has 3 heteroatoms. The molecule has 0 radical (unpaired) electrons. The van der Waals surface area contributed by atoms with Crippen LogP contribution in [-0.2, 0) is 0 Å². The third kappa shape index (κ3) is 2.74. The highest BCUT2D eigenvalue weighted by Crippen LogP contribution is 2.21. The molecule has 0 bridgehead atoms. The van der Waals surface area contributed by atoms with Crippen molar-refractivity contribution in [2.45, 2.75) is 26.3 Å². The molecule has 1 aromatic carbocycles. The number of hydrogen-bond acceptors (Lipinski definition) is 2. The van der Waals surface area contributed by atoms with Gasteiger partial charge in [-0.1, -0.05) is 28.9 Å². The average Bonchev–Trinajstić information content (AvgIpc) is 2.19. The molecule has 0 aliphatic rings. The molecule has 0 saturated heterocycles. The number of nitrogens with zero attached hydrogens (tertiary/aromatic N) is 1. The van der Waals surface area contributed by atoms with Crippen molar-refractivity contribution in [2.75, 3.05) is 5.32 Å². The molecule has 0 aliphatic carbocycles. The fraction of sp³-hybridized carbons (Fsp3) is 0.364. The minimum absolute atomic E-state index is 0.108. The Morgan fingerprint density at radius 2 is 2.29 bits per heavy atom. The first-order valence-electron chi connectivity index (χ1n) is 4.59. The van der Waals surface area contributed by atoms with E-state index in [1.54, 1.807) is 0 Å². The largest absolute Gasteiger partial charge is 0.370 e. The molecular weight excluding hydrogens is 240 g/mol. The van der Waals surface area contributed by atoms with Crippen molar-refractivity contribution in [2.24, 2.45) is 0 Å². The molecule has 74 valence electrons. The van der Waals surface area contributed by atoms with E-state index in [2.05, 4.69) is 27.3 Å². The third-order valence-electron chi connectivity index (χ3n) is 2.09. The normalized spacial score (nSPS) is 11.9. The topological polar surface area (TPSA) is 35.8 Å². The van der Waals surface area contributed by atoms with Crippen molar-refractivity contribution < 1.29 is 0 Å². The quantitative estimate of drug-likeness (QED) is 0.895. The second-order valence-electron chi connectivity index (χ2n) is 3.19. The zero-order valence-corrected chi connectivity index (χ0v) is 9.93. The summed E-state index contributed by atoms with van der Waals surface area (Å²) in [4.78, 5) is 0. The predicted molar refractivity (Wildman–Crippen MR) is 62.2 cm³/mol. The minimum atomic E-state index is -0.108. The Labute approximate surface area is 93.1 Å². The number of nitrogens with one attached hydrogen (secondary N) is 1. The Balaban J connectivity index is 2.86. The fourth-order valence-electron chi connectivity index (χ4n) is 1.16. The van der Waals surface area contributed by atoms with Gasteiger partial charge < -0.3 is 5.32 Å². The number of benzene rings is 1. The predicted octanol–water partition coefficient (Wildman–Crippen LogP) is 3.47. The average molecular weight is 253 g/mol. The standard InChI is InChI=1S/C11H13BrN2/c1-3-10(7-13)14-11-6-9(12)5-4-8(11)2/h4-6,10,14H,3H2,1-2H3. The zero-order chi connectivity index (χ0) is 10.6. The first-order chi connectivity index (χ1) is 6.67. The van der Waals surface area contributed by atoms with Crippen LogP contribution < -0.4 is 5.32 Å². The molecular formula is C11H13BrN2. The van der Waals surface area contributed by atoms with Crippen molar-refractivity contribution in [3.8, 4) is 6.07 Å². The van der Waals surface area contributed by atoms with Gasteiger partial charge in [0.05, 0.1) is 6.07 Å². The van der Waals surface area contributed by atoms with E-state index < -0.39 is 0 Å². The van der Waals surface area contributed by atoms with Crippen LogP contribution in [0, 0.1) is 18.3 Å². The van der Waals surface area contributed by atoms with Gasteiger partial charge in [-0.05, 0) is 31.0 Å². The zero-order valence-electron chi connectivity index (χ0n) is 8.34. The second-order valence-corrected chi connectivity index (χ2v) is 4.11. The smallest absolute Gasteiger partial charge is 0.114 e. The monoisotopic (exact) mass is 252 g/mol. The molecule has 0 aromatic heterocycles. The van der Waals surface area contributed by atoms with E-state index in [1.807, 2.05) is 32.0 Å². The van der Waals surface area contributed by atoms with Crippen molar-refractivity contribution >= 4 is 21.6 Å². The first kappa shape index (κ1) is 11.1. The molecule has 1 rings (SSSR count). The second kappa shape index (κ2) is 5.02. The van der Waals surface area contributed by atoms with Gasteiger partial charge in [-0.3, -0.25) is 0 Å². The Bertz CT molecular complexity index is 355. The molecule has 1 N–H and O–H groups in total. The highest BCUT2D eigenvalue weighted by molar-refractivity contribution is 9.10. The Hall–Kier alpha value is -1.01. The lowest BCUT2D eigenvalue weighted by Gasteiger charge is -2.13. The van der Waals surface area contributed by atoms with Gasteiger partial charge in [0.1, 0.15) is 6.04 Å². The minimum Gasteiger partial charge on any atom is -0.370 e. The molecule has 14 heavy (non-hydrogen) atoms. The van der Waals surface area contributed by atoms with Gasteiger partial charge in [0.25, 0.3) is 0 Å². The molecule has 0 saturated carbocycles. The number of halogens is 1. The van der Waals surface area contributed by atoms with E-state index >= 15 is 0 Å². The maximum atomic E-state index is 8.82. The summed E-state index contributed by atoms with van der Waals surface area (Å²) in [6.07, 6.45) is 0.808. The SMILES string of the molecule is CCC(C#N)Nc1cc(Br)ccc1C. The summed E-state index contributed by atoms with van der Waals surface area (Å²) in [5.41, 5.74) is 2.18. The van der Waals surface area contributed by atoms with Crippen LogP contribution >= 0.6 is 15.9 Å². The molecule has 0 aliphatic heterocycles. The number of rotatable bonds is 3. The van der Waals surface area contributed by atoms with Crippen LogP contribution in [0.1, 0.15) is 18.9 Å². The van der Waals surface area contributed by atoms with Crippen molar-refractivity contribution in [3.63, 3.8) is 0 Å². The van der Waals surface area contributed by atoms with Gasteiger partial charge in [-0.2, -0.15) is 5.26 Å². The van der Waals surface area contributed by atoms with Crippen LogP contribution in [0.25, 0.3) is 0 Å². The molecule has 0 spiro atoms. The lowest BCUT2D eigenvalue weighted by Crippen LogP contribution is -2.16. The van der Waals surface area contributed by atoms with Gasteiger partial charge in [0, 0.05) is 10.2 Å². The highest BCUT2D eigenvalue weighted by Gasteiger charge is 2.05. The maximum Gasteiger partial charge on any atom is 0.114 e. The molecule has 1 unspecified atom stereocenters. The van der Waals surface area contributed by atoms with Crippen LogP contribution in [0.15, 0.2) is 22.7 Å². The summed E-state index contributed by atoms with van der Waals surface area (Å²) in [6.45, 7) is 4.02. The Morgan fingerprint density at radius 1 is 1.57 bits per heavy atom. The lowest BCUT2D eigenvalue weighted by atomic mass is 10.1. The summed E-state index contributed by atoms with van der Waals surface area (Å²) in [7, 11) is 0. The van der Waals surface area contributed by atoms with E-state index in [0.29, 0.717) is 0 Å². The van der Waals surface area contributed by atoms with Gasteiger partial charge >= 0.3 is 0 Å². The van der Waals surface area contributed by atoms with E-state index in [0.717, 1.165) is 22.1 Å². The number of nitriles is 1. The lowest BCUT2D eigenvalue weighted by molar-refractivity contribution is 0.844. The molecule has 0 amide bonds. The molecule has 2 nitrogen and oxygen atoms in total. The highest BCUT2D eigenvalue weighted by atomic mass is 79.9. The molecule has 0 fully saturated rings.